The Morgan fingerprint density at radius 3 is 2.31 bits per heavy atom. The van der Waals surface area contributed by atoms with E-state index in [1.54, 1.807) is 0 Å². The lowest BCUT2D eigenvalue weighted by atomic mass is 9.97. The highest BCUT2D eigenvalue weighted by Crippen LogP contribution is 2.18. The molecule has 0 unspecified atom stereocenters. The molecule has 1 aliphatic rings. The molecule has 0 atom stereocenters. The van der Waals surface area contributed by atoms with Gasteiger partial charge in [-0.1, -0.05) is 0 Å². The van der Waals surface area contributed by atoms with Gasteiger partial charge in [-0.3, -0.25) is 14.5 Å². The van der Waals surface area contributed by atoms with Crippen LogP contribution in [0.2, 0.25) is 0 Å². The minimum absolute atomic E-state index is 0.0307. The number of nitrogens with one attached hydrogen (secondary N) is 1. The summed E-state index contributed by atoms with van der Waals surface area (Å²) < 4.78 is 15.7. The summed E-state index contributed by atoms with van der Waals surface area (Å²) in [5.41, 5.74) is 0. The van der Waals surface area contributed by atoms with E-state index in [0.717, 1.165) is 37.4 Å². The van der Waals surface area contributed by atoms with Gasteiger partial charge in [-0.15, -0.1) is 0 Å². The van der Waals surface area contributed by atoms with Crippen molar-refractivity contribution in [2.75, 3.05) is 46.5 Å². The van der Waals surface area contributed by atoms with Gasteiger partial charge in [0, 0.05) is 0 Å². The standard InChI is InChI=1S/C19H28N2O5/c1-3-25-16-4-6-17(7-5-16)26-13-10-20-18(22)14-21-11-8-15(9-12-21)19(23)24-2/h4-7,15H,3,8-14H2,1-2H3,(H,20,22). The summed E-state index contributed by atoms with van der Waals surface area (Å²) in [5.74, 6) is 1.33. The van der Waals surface area contributed by atoms with Gasteiger partial charge in [0.25, 0.3) is 0 Å². The zero-order chi connectivity index (χ0) is 18.8. The van der Waals surface area contributed by atoms with Crippen molar-refractivity contribution < 1.29 is 23.8 Å². The highest BCUT2D eigenvalue weighted by atomic mass is 16.5. The van der Waals surface area contributed by atoms with Crippen LogP contribution >= 0.6 is 0 Å². The highest BCUT2D eigenvalue weighted by Gasteiger charge is 2.26. The van der Waals surface area contributed by atoms with Gasteiger partial charge in [0.1, 0.15) is 18.1 Å². The Morgan fingerprint density at radius 1 is 1.12 bits per heavy atom. The van der Waals surface area contributed by atoms with Crippen molar-refractivity contribution in [2.24, 2.45) is 5.92 Å². The number of hydrogen-bond acceptors (Lipinski definition) is 6. The number of amides is 1. The minimum Gasteiger partial charge on any atom is -0.494 e. The summed E-state index contributed by atoms with van der Waals surface area (Å²) in [7, 11) is 1.41. The highest BCUT2D eigenvalue weighted by molar-refractivity contribution is 5.78. The second kappa shape index (κ2) is 10.7. The molecule has 7 heteroatoms. The lowest BCUT2D eigenvalue weighted by Crippen LogP contribution is -2.43. The quantitative estimate of drug-likeness (QED) is 0.528. The summed E-state index contributed by atoms with van der Waals surface area (Å²) in [6, 6.07) is 7.40. The molecule has 1 aromatic carbocycles. The number of likely N-dealkylation sites (tertiary alicyclic amines) is 1. The van der Waals surface area contributed by atoms with E-state index in [4.69, 9.17) is 14.2 Å². The number of esters is 1. The number of methoxy groups -OCH3 is 1. The van der Waals surface area contributed by atoms with Crippen molar-refractivity contribution in [1.82, 2.24) is 10.2 Å². The molecule has 144 valence electrons. The number of piperidine rings is 1. The lowest BCUT2D eigenvalue weighted by Gasteiger charge is -2.29. The summed E-state index contributed by atoms with van der Waals surface area (Å²) >= 11 is 0. The molecular weight excluding hydrogens is 336 g/mol. The van der Waals surface area contributed by atoms with Crippen molar-refractivity contribution in [3.05, 3.63) is 24.3 Å². The van der Waals surface area contributed by atoms with E-state index < -0.39 is 0 Å². The fourth-order valence-electron chi connectivity index (χ4n) is 2.91. The molecule has 0 aliphatic carbocycles. The fraction of sp³-hybridized carbons (Fsp3) is 0.579. The molecule has 1 aromatic rings. The van der Waals surface area contributed by atoms with Crippen LogP contribution in [0.3, 0.4) is 0 Å². The number of benzene rings is 1. The molecule has 1 heterocycles. The monoisotopic (exact) mass is 364 g/mol. The second-order valence-corrected chi connectivity index (χ2v) is 6.18. The van der Waals surface area contributed by atoms with Gasteiger partial charge in [0.15, 0.2) is 0 Å². The second-order valence-electron chi connectivity index (χ2n) is 6.18. The molecule has 0 aromatic heterocycles. The topological polar surface area (TPSA) is 77.1 Å². The molecule has 1 N–H and O–H groups in total. The fourth-order valence-corrected chi connectivity index (χ4v) is 2.91. The van der Waals surface area contributed by atoms with Crippen molar-refractivity contribution >= 4 is 11.9 Å². The molecule has 2 rings (SSSR count). The SMILES string of the molecule is CCOc1ccc(OCCNC(=O)CN2CCC(C(=O)OC)CC2)cc1. The van der Waals surface area contributed by atoms with Gasteiger partial charge in [-0.05, 0) is 57.1 Å². The molecule has 1 aliphatic heterocycles. The van der Waals surface area contributed by atoms with E-state index in [1.165, 1.54) is 7.11 Å². The predicted molar refractivity (Wildman–Crippen MR) is 97.3 cm³/mol. The molecule has 7 nitrogen and oxygen atoms in total. The first-order valence-electron chi connectivity index (χ1n) is 9.05. The zero-order valence-electron chi connectivity index (χ0n) is 15.5. The van der Waals surface area contributed by atoms with Crippen LogP contribution in [0.25, 0.3) is 0 Å². The van der Waals surface area contributed by atoms with E-state index >= 15 is 0 Å². The van der Waals surface area contributed by atoms with Crippen molar-refractivity contribution in [2.45, 2.75) is 19.8 Å². The molecule has 0 radical (unpaired) electrons. The molecule has 0 spiro atoms. The Balaban J connectivity index is 1.58. The average Bonchev–Trinajstić information content (AvgIpc) is 2.67. The van der Waals surface area contributed by atoms with Crippen LogP contribution < -0.4 is 14.8 Å². The summed E-state index contributed by atoms with van der Waals surface area (Å²) in [6.07, 6.45) is 1.47. The smallest absolute Gasteiger partial charge is 0.308 e. The van der Waals surface area contributed by atoms with Gasteiger partial charge in [0.05, 0.1) is 32.7 Å². The van der Waals surface area contributed by atoms with Gasteiger partial charge >= 0.3 is 5.97 Å². The summed E-state index contributed by atoms with van der Waals surface area (Å²) in [4.78, 5) is 25.5. The van der Waals surface area contributed by atoms with Crippen LogP contribution in [-0.2, 0) is 14.3 Å². The maximum atomic E-state index is 12.0. The number of carbonyl (C=O) groups is 2. The third-order valence-corrected chi connectivity index (χ3v) is 4.32. The maximum Gasteiger partial charge on any atom is 0.308 e. The third-order valence-electron chi connectivity index (χ3n) is 4.32. The molecule has 0 bridgehead atoms. The third kappa shape index (κ3) is 6.55. The van der Waals surface area contributed by atoms with E-state index in [2.05, 4.69) is 10.2 Å². The molecule has 26 heavy (non-hydrogen) atoms. The van der Waals surface area contributed by atoms with Crippen molar-refractivity contribution in [3.8, 4) is 11.5 Å². The van der Waals surface area contributed by atoms with E-state index in [9.17, 15) is 9.59 Å². The van der Waals surface area contributed by atoms with Crippen LogP contribution in [0.4, 0.5) is 0 Å². The maximum absolute atomic E-state index is 12.0. The Labute approximate surface area is 154 Å². The average molecular weight is 364 g/mol. The molecule has 1 fully saturated rings. The number of rotatable bonds is 9. The van der Waals surface area contributed by atoms with Crippen LogP contribution in [0, 0.1) is 5.92 Å². The molecular formula is C19H28N2O5. The number of carbonyl (C=O) groups excluding carboxylic acids is 2. The first kappa shape index (κ1) is 20.0. The number of nitrogens with zero attached hydrogens (tertiary/aromatic N) is 1. The van der Waals surface area contributed by atoms with E-state index in [-0.39, 0.29) is 17.8 Å². The van der Waals surface area contributed by atoms with Gasteiger partial charge in [-0.2, -0.15) is 0 Å². The van der Waals surface area contributed by atoms with Gasteiger partial charge < -0.3 is 19.5 Å². The largest absolute Gasteiger partial charge is 0.494 e. The molecule has 0 saturated carbocycles. The lowest BCUT2D eigenvalue weighted by molar-refractivity contribution is -0.147. The van der Waals surface area contributed by atoms with Gasteiger partial charge in [0.2, 0.25) is 5.91 Å². The Hall–Kier alpha value is -2.28. The first-order valence-corrected chi connectivity index (χ1v) is 9.05. The van der Waals surface area contributed by atoms with E-state index in [0.29, 0.717) is 26.3 Å². The van der Waals surface area contributed by atoms with Crippen molar-refractivity contribution in [3.63, 3.8) is 0 Å². The predicted octanol–water partition coefficient (Wildman–Crippen LogP) is 1.47. The number of ether oxygens (including phenoxy) is 3. The molecule has 1 saturated heterocycles. The van der Waals surface area contributed by atoms with E-state index in [1.807, 2.05) is 31.2 Å². The zero-order valence-corrected chi connectivity index (χ0v) is 15.5. The van der Waals surface area contributed by atoms with Gasteiger partial charge in [-0.25, -0.2) is 0 Å². The summed E-state index contributed by atoms with van der Waals surface area (Å²) in [6.45, 7) is 5.23. The number of hydrogen-bond donors (Lipinski definition) is 1. The van der Waals surface area contributed by atoms with Crippen molar-refractivity contribution in [1.29, 1.82) is 0 Å². The van der Waals surface area contributed by atoms with Crippen LogP contribution in [0.5, 0.6) is 11.5 Å². The summed E-state index contributed by atoms with van der Waals surface area (Å²) in [5, 5.41) is 2.86. The van der Waals surface area contributed by atoms with Crippen LogP contribution in [0.1, 0.15) is 19.8 Å². The molecule has 1 amide bonds. The minimum atomic E-state index is -0.152. The normalized spacial score (nSPS) is 15.3. The van der Waals surface area contributed by atoms with Crippen LogP contribution in [-0.4, -0.2) is 63.3 Å². The Bertz CT molecular complexity index is 568. The first-order chi connectivity index (χ1) is 12.6. The Morgan fingerprint density at radius 2 is 1.73 bits per heavy atom. The Kier molecular flexibility index (Phi) is 8.21. The van der Waals surface area contributed by atoms with Crippen LogP contribution in [0.15, 0.2) is 24.3 Å².